The molecule has 22 heavy (non-hydrogen) atoms. The minimum Gasteiger partial charge on any atom is -0.476 e. The lowest BCUT2D eigenvalue weighted by molar-refractivity contribution is 0.0686. The number of carboxylic acid groups (broad SMARTS) is 1. The molecule has 0 radical (unpaired) electrons. The molecule has 0 aliphatic rings. The lowest BCUT2D eigenvalue weighted by atomic mass is 10.1. The molecule has 0 aliphatic heterocycles. The van der Waals surface area contributed by atoms with Crippen LogP contribution in [0.4, 0.5) is 0 Å². The van der Waals surface area contributed by atoms with Crippen LogP contribution in [0.15, 0.2) is 59.1 Å². The van der Waals surface area contributed by atoms with Gasteiger partial charge in [0.2, 0.25) is 0 Å². The molecule has 2 aromatic carbocycles. The van der Waals surface area contributed by atoms with E-state index in [0.717, 1.165) is 10.6 Å². The van der Waals surface area contributed by atoms with Gasteiger partial charge < -0.3 is 9.63 Å². The highest BCUT2D eigenvalue weighted by Gasteiger charge is 2.12. The SMILES string of the molecule is O=C(O)c1cc(-c2ccc([SiH2]c3ccc(Cl)cc3)cc2)on1. The van der Waals surface area contributed by atoms with Crippen molar-refractivity contribution in [2.24, 2.45) is 0 Å². The Hall–Kier alpha value is -2.37. The van der Waals surface area contributed by atoms with Crippen molar-refractivity contribution in [2.45, 2.75) is 0 Å². The number of hydrogen-bond donors (Lipinski definition) is 1. The summed E-state index contributed by atoms with van der Waals surface area (Å²) in [5, 5.41) is 15.7. The maximum absolute atomic E-state index is 10.8. The maximum Gasteiger partial charge on any atom is 0.358 e. The smallest absolute Gasteiger partial charge is 0.358 e. The zero-order valence-corrected chi connectivity index (χ0v) is 13.7. The molecule has 0 unspecified atom stereocenters. The van der Waals surface area contributed by atoms with Crippen LogP contribution in [-0.2, 0) is 0 Å². The first-order valence-corrected chi connectivity index (χ1v) is 8.45. The van der Waals surface area contributed by atoms with Gasteiger partial charge in [-0.15, -0.1) is 0 Å². The summed E-state index contributed by atoms with van der Waals surface area (Å²) in [7, 11) is -0.553. The molecule has 0 atom stereocenters. The zero-order chi connectivity index (χ0) is 15.5. The monoisotopic (exact) mass is 329 g/mol. The number of carbonyl (C=O) groups is 1. The second kappa shape index (κ2) is 6.17. The van der Waals surface area contributed by atoms with Gasteiger partial charge in [-0.05, 0) is 12.1 Å². The molecule has 3 aromatic rings. The predicted octanol–water partition coefficient (Wildman–Crippen LogP) is 1.81. The highest BCUT2D eigenvalue weighted by atomic mass is 35.5. The van der Waals surface area contributed by atoms with Gasteiger partial charge >= 0.3 is 5.97 Å². The summed E-state index contributed by atoms with van der Waals surface area (Å²) >= 11 is 5.88. The molecule has 0 saturated heterocycles. The fourth-order valence-electron chi connectivity index (χ4n) is 2.14. The van der Waals surface area contributed by atoms with E-state index in [1.165, 1.54) is 16.4 Å². The van der Waals surface area contributed by atoms with E-state index < -0.39 is 15.5 Å². The van der Waals surface area contributed by atoms with Gasteiger partial charge in [-0.25, -0.2) is 4.79 Å². The molecule has 0 bridgehead atoms. The molecule has 3 rings (SSSR count). The van der Waals surface area contributed by atoms with E-state index in [1.807, 2.05) is 36.4 Å². The van der Waals surface area contributed by atoms with Crippen molar-refractivity contribution < 1.29 is 14.4 Å². The Bertz CT molecular complexity index is 797. The van der Waals surface area contributed by atoms with Crippen LogP contribution in [0.2, 0.25) is 5.02 Å². The van der Waals surface area contributed by atoms with Crippen LogP contribution in [0.1, 0.15) is 10.5 Å². The van der Waals surface area contributed by atoms with E-state index in [2.05, 4.69) is 17.3 Å². The molecule has 0 amide bonds. The van der Waals surface area contributed by atoms with Gasteiger partial charge in [0.25, 0.3) is 0 Å². The van der Waals surface area contributed by atoms with Crippen LogP contribution in [0, 0.1) is 0 Å². The summed E-state index contributed by atoms with van der Waals surface area (Å²) in [4.78, 5) is 10.8. The van der Waals surface area contributed by atoms with E-state index in [1.54, 1.807) is 0 Å². The Morgan fingerprint density at radius 3 is 2.18 bits per heavy atom. The number of nitrogens with zero attached hydrogens (tertiary/aromatic N) is 1. The fraction of sp³-hybridized carbons (Fsp3) is 0. The molecule has 1 aromatic heterocycles. The third-order valence-corrected chi connectivity index (χ3v) is 5.30. The largest absolute Gasteiger partial charge is 0.476 e. The molecule has 0 aliphatic carbocycles. The quantitative estimate of drug-likeness (QED) is 0.742. The highest BCUT2D eigenvalue weighted by molar-refractivity contribution is 6.67. The third-order valence-electron chi connectivity index (χ3n) is 3.29. The van der Waals surface area contributed by atoms with E-state index in [9.17, 15) is 4.79 Å². The Morgan fingerprint density at radius 1 is 1.05 bits per heavy atom. The lowest BCUT2D eigenvalue weighted by Crippen LogP contribution is -2.26. The topological polar surface area (TPSA) is 63.3 Å². The van der Waals surface area contributed by atoms with Gasteiger partial charge in [0, 0.05) is 16.7 Å². The summed E-state index contributed by atoms with van der Waals surface area (Å²) in [5.74, 6) is -0.640. The molecule has 1 heterocycles. The first kappa shape index (κ1) is 14.6. The number of hydrogen-bond acceptors (Lipinski definition) is 3. The number of aromatic nitrogens is 1. The Balaban J connectivity index is 1.77. The van der Waals surface area contributed by atoms with Crippen LogP contribution >= 0.6 is 11.6 Å². The van der Waals surface area contributed by atoms with E-state index >= 15 is 0 Å². The van der Waals surface area contributed by atoms with Crippen molar-refractivity contribution >= 4 is 37.5 Å². The highest BCUT2D eigenvalue weighted by Crippen LogP contribution is 2.19. The minimum absolute atomic E-state index is 0.0883. The number of halogens is 1. The summed E-state index contributed by atoms with van der Waals surface area (Å²) < 4.78 is 5.05. The Morgan fingerprint density at radius 2 is 1.64 bits per heavy atom. The van der Waals surface area contributed by atoms with Crippen molar-refractivity contribution in [3.05, 3.63) is 65.3 Å². The summed E-state index contributed by atoms with van der Waals surface area (Å²) in [6.07, 6.45) is 0. The molecular weight excluding hydrogens is 318 g/mol. The van der Waals surface area contributed by atoms with Gasteiger partial charge in [0.1, 0.15) is 0 Å². The number of carboxylic acids is 1. The molecule has 110 valence electrons. The van der Waals surface area contributed by atoms with Crippen molar-refractivity contribution in [1.29, 1.82) is 0 Å². The molecule has 0 fully saturated rings. The van der Waals surface area contributed by atoms with Crippen LogP contribution in [0.25, 0.3) is 11.3 Å². The van der Waals surface area contributed by atoms with Gasteiger partial charge in [-0.1, -0.05) is 63.5 Å². The predicted molar refractivity (Wildman–Crippen MR) is 88.2 cm³/mol. The van der Waals surface area contributed by atoms with Crippen LogP contribution in [-0.4, -0.2) is 25.8 Å². The summed E-state index contributed by atoms with van der Waals surface area (Å²) in [6.45, 7) is 0. The third kappa shape index (κ3) is 3.27. The zero-order valence-electron chi connectivity index (χ0n) is 11.5. The average Bonchev–Trinajstić information content (AvgIpc) is 3.00. The lowest BCUT2D eigenvalue weighted by Gasteiger charge is -2.02. The average molecular weight is 330 g/mol. The molecule has 1 N–H and O–H groups in total. The first-order valence-electron chi connectivity index (χ1n) is 6.65. The van der Waals surface area contributed by atoms with Crippen LogP contribution < -0.4 is 10.4 Å². The molecular formula is C16H12ClNO3Si. The number of rotatable bonds is 4. The molecule has 4 nitrogen and oxygen atoms in total. The van der Waals surface area contributed by atoms with Gasteiger partial charge in [-0.3, -0.25) is 0 Å². The van der Waals surface area contributed by atoms with E-state index in [-0.39, 0.29) is 5.69 Å². The van der Waals surface area contributed by atoms with E-state index in [4.69, 9.17) is 21.2 Å². The molecule has 6 heteroatoms. The summed E-state index contributed by atoms with van der Waals surface area (Å²) in [6, 6.07) is 17.3. The molecule has 0 saturated carbocycles. The number of benzene rings is 2. The summed E-state index contributed by atoms with van der Waals surface area (Å²) in [5.41, 5.74) is 0.725. The normalized spacial score (nSPS) is 11.1. The maximum atomic E-state index is 10.8. The Kier molecular flexibility index (Phi) is 4.08. The van der Waals surface area contributed by atoms with Crippen LogP contribution in [0.3, 0.4) is 0 Å². The minimum atomic E-state index is -1.10. The van der Waals surface area contributed by atoms with Crippen molar-refractivity contribution in [3.8, 4) is 11.3 Å². The second-order valence-corrected chi connectivity index (χ2v) is 7.30. The number of aromatic carboxylic acids is 1. The Labute approximate surface area is 134 Å². The van der Waals surface area contributed by atoms with Crippen LogP contribution in [0.5, 0.6) is 0 Å². The van der Waals surface area contributed by atoms with Crippen molar-refractivity contribution in [1.82, 2.24) is 5.16 Å². The van der Waals surface area contributed by atoms with Gasteiger partial charge in [0.05, 0.1) is 9.52 Å². The van der Waals surface area contributed by atoms with Gasteiger partial charge in [-0.2, -0.15) is 0 Å². The van der Waals surface area contributed by atoms with Crippen molar-refractivity contribution in [3.63, 3.8) is 0 Å². The van der Waals surface area contributed by atoms with E-state index in [0.29, 0.717) is 5.76 Å². The van der Waals surface area contributed by atoms with Crippen molar-refractivity contribution in [2.75, 3.05) is 0 Å². The first-order chi connectivity index (χ1) is 10.6. The fourth-order valence-corrected chi connectivity index (χ4v) is 3.68. The van der Waals surface area contributed by atoms with Gasteiger partial charge in [0.15, 0.2) is 11.5 Å². The standard InChI is InChI=1S/C16H12ClNO3Si/c17-11-3-7-13(8-4-11)22-12-5-1-10(2-6-12)15-9-14(16(19)20)18-21-15/h1-9H,22H2,(H,19,20). The molecule has 0 spiro atoms. The second-order valence-electron chi connectivity index (χ2n) is 4.88.